The standard InChI is InChI=1S/C16H26N4O2/c1-3-13(4-2)15(20-7-9-22-10-8-20)12-19-16(21)14-11-17-5-6-18-14/h5-6,11,13,15H,3-4,7-10,12H2,1-2H3,(H,19,21)/t15-/m1/s1. The first-order chi connectivity index (χ1) is 10.8. The van der Waals surface area contributed by atoms with Gasteiger partial charge in [0.25, 0.3) is 5.91 Å². The molecular weight excluding hydrogens is 280 g/mol. The highest BCUT2D eigenvalue weighted by Crippen LogP contribution is 2.19. The van der Waals surface area contributed by atoms with Crippen LogP contribution in [0.25, 0.3) is 0 Å². The van der Waals surface area contributed by atoms with E-state index in [0.29, 0.717) is 24.2 Å². The maximum Gasteiger partial charge on any atom is 0.271 e. The van der Waals surface area contributed by atoms with Crippen LogP contribution in [-0.2, 0) is 4.74 Å². The zero-order chi connectivity index (χ0) is 15.8. The molecule has 1 fully saturated rings. The molecule has 0 aliphatic carbocycles. The third-order valence-corrected chi connectivity index (χ3v) is 4.38. The number of hydrogen-bond donors (Lipinski definition) is 1. The highest BCUT2D eigenvalue weighted by Gasteiger charge is 2.27. The van der Waals surface area contributed by atoms with E-state index < -0.39 is 0 Å². The molecule has 1 atom stereocenters. The topological polar surface area (TPSA) is 67.4 Å². The van der Waals surface area contributed by atoms with Crippen LogP contribution in [0, 0.1) is 5.92 Å². The van der Waals surface area contributed by atoms with Crippen molar-refractivity contribution in [1.29, 1.82) is 0 Å². The molecule has 6 heteroatoms. The van der Waals surface area contributed by atoms with E-state index in [4.69, 9.17) is 4.74 Å². The first-order valence-electron chi connectivity index (χ1n) is 8.12. The molecule has 1 amide bonds. The number of hydrogen-bond acceptors (Lipinski definition) is 5. The van der Waals surface area contributed by atoms with E-state index in [0.717, 1.165) is 39.1 Å². The van der Waals surface area contributed by atoms with Crippen LogP contribution in [0.1, 0.15) is 37.2 Å². The van der Waals surface area contributed by atoms with E-state index in [1.54, 1.807) is 6.20 Å². The lowest BCUT2D eigenvalue weighted by Gasteiger charge is -2.38. The molecule has 6 nitrogen and oxygen atoms in total. The summed E-state index contributed by atoms with van der Waals surface area (Å²) >= 11 is 0. The zero-order valence-corrected chi connectivity index (χ0v) is 13.5. The van der Waals surface area contributed by atoms with Crippen LogP contribution in [0.5, 0.6) is 0 Å². The lowest BCUT2D eigenvalue weighted by Crippen LogP contribution is -2.52. The molecule has 0 saturated carbocycles. The fourth-order valence-electron chi connectivity index (χ4n) is 3.04. The molecule has 0 spiro atoms. The van der Waals surface area contributed by atoms with E-state index in [9.17, 15) is 4.79 Å². The van der Waals surface area contributed by atoms with Crippen LogP contribution in [0.4, 0.5) is 0 Å². The maximum absolute atomic E-state index is 12.2. The number of morpholine rings is 1. The molecule has 2 rings (SSSR count). The van der Waals surface area contributed by atoms with Crippen LogP contribution in [0.2, 0.25) is 0 Å². The number of nitrogens with one attached hydrogen (secondary N) is 1. The summed E-state index contributed by atoms with van der Waals surface area (Å²) in [6.45, 7) is 8.48. The van der Waals surface area contributed by atoms with Gasteiger partial charge < -0.3 is 10.1 Å². The average Bonchev–Trinajstić information content (AvgIpc) is 2.60. The van der Waals surface area contributed by atoms with E-state index in [-0.39, 0.29) is 5.91 Å². The summed E-state index contributed by atoms with van der Waals surface area (Å²) in [6, 6.07) is 0.347. The number of aromatic nitrogens is 2. The number of carbonyl (C=O) groups excluding carboxylic acids is 1. The molecule has 1 saturated heterocycles. The first kappa shape index (κ1) is 16.8. The molecule has 0 radical (unpaired) electrons. The monoisotopic (exact) mass is 306 g/mol. The number of ether oxygens (including phenoxy) is 1. The van der Waals surface area contributed by atoms with Gasteiger partial charge in [-0.25, -0.2) is 4.98 Å². The Morgan fingerprint density at radius 1 is 1.32 bits per heavy atom. The Morgan fingerprint density at radius 3 is 2.64 bits per heavy atom. The molecule has 0 aromatic carbocycles. The number of nitrogens with zero attached hydrogens (tertiary/aromatic N) is 3. The first-order valence-corrected chi connectivity index (χ1v) is 8.12. The fraction of sp³-hybridized carbons (Fsp3) is 0.688. The smallest absolute Gasteiger partial charge is 0.271 e. The highest BCUT2D eigenvalue weighted by atomic mass is 16.5. The molecule has 1 aromatic rings. The second-order valence-corrected chi connectivity index (χ2v) is 5.59. The largest absolute Gasteiger partial charge is 0.379 e. The molecule has 1 N–H and O–H groups in total. The van der Waals surface area contributed by atoms with Gasteiger partial charge in [-0.2, -0.15) is 0 Å². The van der Waals surface area contributed by atoms with Gasteiger partial charge in [0.05, 0.1) is 19.4 Å². The summed E-state index contributed by atoms with van der Waals surface area (Å²) in [4.78, 5) is 22.6. The molecule has 122 valence electrons. The average molecular weight is 306 g/mol. The minimum absolute atomic E-state index is 0.155. The van der Waals surface area contributed by atoms with Gasteiger partial charge >= 0.3 is 0 Å². The Bertz CT molecular complexity index is 445. The van der Waals surface area contributed by atoms with Gasteiger partial charge in [-0.1, -0.05) is 26.7 Å². The number of carbonyl (C=O) groups is 1. The predicted molar refractivity (Wildman–Crippen MR) is 84.6 cm³/mol. The van der Waals surface area contributed by atoms with Gasteiger partial charge in [-0.15, -0.1) is 0 Å². The summed E-state index contributed by atoms with van der Waals surface area (Å²) < 4.78 is 5.44. The molecular formula is C16H26N4O2. The maximum atomic E-state index is 12.2. The molecule has 1 aliphatic rings. The molecule has 1 aromatic heterocycles. The van der Waals surface area contributed by atoms with Crippen molar-refractivity contribution in [2.45, 2.75) is 32.7 Å². The SMILES string of the molecule is CCC(CC)[C@@H](CNC(=O)c1cnccn1)N1CCOCC1. The van der Waals surface area contributed by atoms with Crippen molar-refractivity contribution in [2.24, 2.45) is 5.92 Å². The highest BCUT2D eigenvalue weighted by molar-refractivity contribution is 5.91. The summed E-state index contributed by atoms with van der Waals surface area (Å²) in [5.41, 5.74) is 0.368. The summed E-state index contributed by atoms with van der Waals surface area (Å²) in [7, 11) is 0. The number of rotatable bonds is 7. The summed E-state index contributed by atoms with van der Waals surface area (Å²) in [5.74, 6) is 0.414. The third kappa shape index (κ3) is 4.48. The third-order valence-electron chi connectivity index (χ3n) is 4.38. The zero-order valence-electron chi connectivity index (χ0n) is 13.5. The van der Waals surface area contributed by atoms with Gasteiger partial charge in [0.2, 0.25) is 0 Å². The molecule has 1 aliphatic heterocycles. The van der Waals surface area contributed by atoms with Gasteiger partial charge in [-0.05, 0) is 5.92 Å². The van der Waals surface area contributed by atoms with Crippen molar-refractivity contribution >= 4 is 5.91 Å². The van der Waals surface area contributed by atoms with E-state index >= 15 is 0 Å². The molecule has 2 heterocycles. The Kier molecular flexibility index (Phi) is 6.74. The van der Waals surface area contributed by atoms with Crippen LogP contribution < -0.4 is 5.32 Å². The lowest BCUT2D eigenvalue weighted by atomic mass is 9.92. The molecule has 0 unspecified atom stereocenters. The van der Waals surface area contributed by atoms with Crippen molar-refractivity contribution in [1.82, 2.24) is 20.2 Å². The van der Waals surface area contributed by atoms with Gasteiger partial charge in [0.15, 0.2) is 0 Å². The van der Waals surface area contributed by atoms with E-state index in [1.165, 1.54) is 12.4 Å². The van der Waals surface area contributed by atoms with Crippen molar-refractivity contribution in [3.63, 3.8) is 0 Å². The Morgan fingerprint density at radius 2 is 2.05 bits per heavy atom. The van der Waals surface area contributed by atoms with Crippen molar-refractivity contribution in [3.8, 4) is 0 Å². The van der Waals surface area contributed by atoms with E-state index in [2.05, 4.69) is 34.0 Å². The molecule has 0 bridgehead atoms. The van der Waals surface area contributed by atoms with Crippen LogP contribution >= 0.6 is 0 Å². The van der Waals surface area contributed by atoms with Crippen LogP contribution in [0.3, 0.4) is 0 Å². The molecule has 22 heavy (non-hydrogen) atoms. The normalized spacial score (nSPS) is 17.4. The van der Waals surface area contributed by atoms with Crippen molar-refractivity contribution in [3.05, 3.63) is 24.3 Å². The second-order valence-electron chi connectivity index (χ2n) is 5.59. The van der Waals surface area contributed by atoms with E-state index in [1.807, 2.05) is 0 Å². The van der Waals surface area contributed by atoms with Crippen molar-refractivity contribution < 1.29 is 9.53 Å². The Hall–Kier alpha value is -1.53. The number of amides is 1. The Labute approximate surface area is 132 Å². The minimum Gasteiger partial charge on any atom is -0.379 e. The van der Waals surface area contributed by atoms with Gasteiger partial charge in [0.1, 0.15) is 5.69 Å². The summed E-state index contributed by atoms with van der Waals surface area (Å²) in [6.07, 6.45) is 6.82. The Balaban J connectivity index is 1.98. The minimum atomic E-state index is -0.155. The van der Waals surface area contributed by atoms with Gasteiger partial charge in [0, 0.05) is 38.1 Å². The predicted octanol–water partition coefficient (Wildman–Crippen LogP) is 1.34. The summed E-state index contributed by atoms with van der Waals surface area (Å²) in [5, 5.41) is 3.02. The second kappa shape index (κ2) is 8.80. The lowest BCUT2D eigenvalue weighted by molar-refractivity contribution is 0.00190. The van der Waals surface area contributed by atoms with Crippen LogP contribution in [0.15, 0.2) is 18.6 Å². The fourth-order valence-corrected chi connectivity index (χ4v) is 3.04. The van der Waals surface area contributed by atoms with Crippen molar-refractivity contribution in [2.75, 3.05) is 32.8 Å². The van der Waals surface area contributed by atoms with Crippen LogP contribution in [-0.4, -0.2) is 59.7 Å². The quantitative estimate of drug-likeness (QED) is 0.823. The van der Waals surface area contributed by atoms with Gasteiger partial charge in [-0.3, -0.25) is 14.7 Å².